The standard InChI is InChI=1S/C20H27N3O2/c1-15(17-8-6-5-7-9-17)23-20(21-2)22-13-12-16-10-11-18(24-3)19(14-16)25-4/h5-11,14-15H,12-13H2,1-4H3,(H2,21,22,23). The highest BCUT2D eigenvalue weighted by Crippen LogP contribution is 2.27. The van der Waals surface area contributed by atoms with Gasteiger partial charge in [-0.2, -0.15) is 0 Å². The van der Waals surface area contributed by atoms with E-state index in [1.54, 1.807) is 21.3 Å². The van der Waals surface area contributed by atoms with Gasteiger partial charge in [-0.3, -0.25) is 4.99 Å². The molecule has 0 saturated heterocycles. The van der Waals surface area contributed by atoms with Crippen LogP contribution in [0.1, 0.15) is 24.1 Å². The normalized spacial score (nSPS) is 12.4. The van der Waals surface area contributed by atoms with Gasteiger partial charge in [-0.05, 0) is 36.6 Å². The van der Waals surface area contributed by atoms with Crippen molar-refractivity contribution in [3.63, 3.8) is 0 Å². The maximum absolute atomic E-state index is 5.35. The summed E-state index contributed by atoms with van der Waals surface area (Å²) in [4.78, 5) is 4.30. The third-order valence-corrected chi connectivity index (χ3v) is 4.03. The summed E-state index contributed by atoms with van der Waals surface area (Å²) in [5.74, 6) is 2.28. The van der Waals surface area contributed by atoms with Crippen molar-refractivity contribution in [2.24, 2.45) is 4.99 Å². The average Bonchev–Trinajstić information content (AvgIpc) is 2.67. The lowest BCUT2D eigenvalue weighted by atomic mass is 10.1. The Balaban J connectivity index is 1.87. The van der Waals surface area contributed by atoms with E-state index in [9.17, 15) is 0 Å². The summed E-state index contributed by atoms with van der Waals surface area (Å²) in [6, 6.07) is 16.5. The number of methoxy groups -OCH3 is 2. The number of rotatable bonds is 7. The molecule has 0 saturated carbocycles. The van der Waals surface area contributed by atoms with Crippen LogP contribution < -0.4 is 20.1 Å². The summed E-state index contributed by atoms with van der Waals surface area (Å²) >= 11 is 0. The van der Waals surface area contributed by atoms with Crippen LogP contribution in [0.2, 0.25) is 0 Å². The van der Waals surface area contributed by atoms with Crippen molar-refractivity contribution in [3.05, 3.63) is 59.7 Å². The van der Waals surface area contributed by atoms with Gasteiger partial charge in [-0.15, -0.1) is 0 Å². The van der Waals surface area contributed by atoms with Gasteiger partial charge in [0.2, 0.25) is 0 Å². The number of nitrogens with one attached hydrogen (secondary N) is 2. The summed E-state index contributed by atoms with van der Waals surface area (Å²) in [5.41, 5.74) is 2.40. The monoisotopic (exact) mass is 341 g/mol. The van der Waals surface area contributed by atoms with Gasteiger partial charge < -0.3 is 20.1 Å². The van der Waals surface area contributed by atoms with Crippen LogP contribution in [0.15, 0.2) is 53.5 Å². The van der Waals surface area contributed by atoms with Crippen LogP contribution in [0.3, 0.4) is 0 Å². The Bertz CT molecular complexity index is 687. The van der Waals surface area contributed by atoms with Gasteiger partial charge >= 0.3 is 0 Å². The Morgan fingerprint density at radius 2 is 1.76 bits per heavy atom. The number of aliphatic imine (C=N–C) groups is 1. The van der Waals surface area contributed by atoms with E-state index in [2.05, 4.69) is 34.7 Å². The molecule has 0 aliphatic rings. The van der Waals surface area contributed by atoms with Crippen molar-refractivity contribution < 1.29 is 9.47 Å². The van der Waals surface area contributed by atoms with Crippen LogP contribution in [0.25, 0.3) is 0 Å². The van der Waals surface area contributed by atoms with E-state index in [-0.39, 0.29) is 6.04 Å². The highest BCUT2D eigenvalue weighted by Gasteiger charge is 2.08. The molecule has 1 unspecified atom stereocenters. The summed E-state index contributed by atoms with van der Waals surface area (Å²) in [7, 11) is 5.07. The number of benzene rings is 2. The van der Waals surface area contributed by atoms with Crippen LogP contribution in [-0.4, -0.2) is 33.8 Å². The number of hydrogen-bond acceptors (Lipinski definition) is 3. The first-order valence-electron chi connectivity index (χ1n) is 8.41. The fourth-order valence-corrected chi connectivity index (χ4v) is 2.59. The number of guanidine groups is 1. The molecule has 0 spiro atoms. The fourth-order valence-electron chi connectivity index (χ4n) is 2.59. The molecule has 2 aromatic carbocycles. The molecular formula is C20H27N3O2. The van der Waals surface area contributed by atoms with Crippen LogP contribution in [0.4, 0.5) is 0 Å². The molecule has 0 radical (unpaired) electrons. The van der Waals surface area contributed by atoms with Crippen LogP contribution in [0.5, 0.6) is 11.5 Å². The van der Waals surface area contributed by atoms with E-state index in [0.29, 0.717) is 0 Å². The van der Waals surface area contributed by atoms with Crippen molar-refractivity contribution in [1.82, 2.24) is 10.6 Å². The SMILES string of the molecule is CN=C(NCCc1ccc(OC)c(OC)c1)NC(C)c1ccccc1. The zero-order valence-corrected chi connectivity index (χ0v) is 15.4. The van der Waals surface area contributed by atoms with Gasteiger partial charge in [0.25, 0.3) is 0 Å². The second-order valence-corrected chi connectivity index (χ2v) is 5.72. The van der Waals surface area contributed by atoms with E-state index in [1.807, 2.05) is 36.4 Å². The molecule has 2 N–H and O–H groups in total. The minimum atomic E-state index is 0.188. The molecule has 1 atom stereocenters. The molecule has 2 aromatic rings. The van der Waals surface area contributed by atoms with Gasteiger partial charge in [-0.1, -0.05) is 36.4 Å². The highest BCUT2D eigenvalue weighted by molar-refractivity contribution is 5.80. The van der Waals surface area contributed by atoms with Crippen molar-refractivity contribution in [2.45, 2.75) is 19.4 Å². The highest BCUT2D eigenvalue weighted by atomic mass is 16.5. The predicted octanol–water partition coefficient (Wildman–Crippen LogP) is 3.17. The van der Waals surface area contributed by atoms with Gasteiger partial charge in [0.05, 0.1) is 20.3 Å². The molecule has 0 fully saturated rings. The van der Waals surface area contributed by atoms with Gasteiger partial charge in [-0.25, -0.2) is 0 Å². The quantitative estimate of drug-likeness (QED) is 0.600. The number of nitrogens with zero attached hydrogens (tertiary/aromatic N) is 1. The Kier molecular flexibility index (Phi) is 7.14. The lowest BCUT2D eigenvalue weighted by Crippen LogP contribution is -2.39. The van der Waals surface area contributed by atoms with Gasteiger partial charge in [0.1, 0.15) is 0 Å². The zero-order valence-electron chi connectivity index (χ0n) is 15.4. The molecule has 0 heterocycles. The van der Waals surface area contributed by atoms with Crippen LogP contribution in [-0.2, 0) is 6.42 Å². The maximum atomic E-state index is 5.35. The molecule has 0 bridgehead atoms. The van der Waals surface area contributed by atoms with Gasteiger partial charge in [0, 0.05) is 13.6 Å². The molecule has 134 valence electrons. The Labute approximate surface area is 150 Å². The molecule has 0 amide bonds. The predicted molar refractivity (Wildman–Crippen MR) is 103 cm³/mol. The fraction of sp³-hybridized carbons (Fsp3) is 0.350. The molecule has 5 heteroatoms. The summed E-state index contributed by atoms with van der Waals surface area (Å²) in [5, 5.41) is 6.76. The van der Waals surface area contributed by atoms with E-state index >= 15 is 0 Å². The van der Waals surface area contributed by atoms with Gasteiger partial charge in [0.15, 0.2) is 17.5 Å². The Morgan fingerprint density at radius 1 is 1.04 bits per heavy atom. The van der Waals surface area contributed by atoms with Crippen LogP contribution in [0, 0.1) is 0 Å². The van der Waals surface area contributed by atoms with Crippen molar-refractivity contribution in [1.29, 1.82) is 0 Å². The van der Waals surface area contributed by atoms with E-state index in [0.717, 1.165) is 30.4 Å². The van der Waals surface area contributed by atoms with E-state index < -0.39 is 0 Å². The van der Waals surface area contributed by atoms with Crippen LogP contribution >= 0.6 is 0 Å². The number of hydrogen-bond donors (Lipinski definition) is 2. The lowest BCUT2D eigenvalue weighted by Gasteiger charge is -2.18. The summed E-state index contributed by atoms with van der Waals surface area (Å²) < 4.78 is 10.6. The first-order valence-corrected chi connectivity index (χ1v) is 8.41. The second kappa shape index (κ2) is 9.57. The summed E-state index contributed by atoms with van der Waals surface area (Å²) in [6.07, 6.45) is 0.862. The average molecular weight is 341 g/mol. The smallest absolute Gasteiger partial charge is 0.191 e. The second-order valence-electron chi connectivity index (χ2n) is 5.72. The molecule has 0 aromatic heterocycles. The van der Waals surface area contributed by atoms with Crippen molar-refractivity contribution in [3.8, 4) is 11.5 Å². The molecule has 2 rings (SSSR count). The first kappa shape index (κ1) is 18.6. The molecule has 5 nitrogen and oxygen atoms in total. The Morgan fingerprint density at radius 3 is 2.40 bits per heavy atom. The van der Waals surface area contributed by atoms with E-state index in [4.69, 9.17) is 9.47 Å². The Hall–Kier alpha value is -2.69. The number of ether oxygens (including phenoxy) is 2. The first-order chi connectivity index (χ1) is 12.2. The third kappa shape index (κ3) is 5.41. The van der Waals surface area contributed by atoms with E-state index in [1.165, 1.54) is 11.1 Å². The largest absolute Gasteiger partial charge is 0.493 e. The third-order valence-electron chi connectivity index (χ3n) is 4.03. The molecule has 0 aliphatic heterocycles. The molecule has 25 heavy (non-hydrogen) atoms. The topological polar surface area (TPSA) is 54.9 Å². The summed E-state index contributed by atoms with van der Waals surface area (Å²) in [6.45, 7) is 2.90. The minimum Gasteiger partial charge on any atom is -0.493 e. The molecular weight excluding hydrogens is 314 g/mol. The lowest BCUT2D eigenvalue weighted by molar-refractivity contribution is 0.354. The molecule has 0 aliphatic carbocycles. The minimum absolute atomic E-state index is 0.188. The zero-order chi connectivity index (χ0) is 18.1. The maximum Gasteiger partial charge on any atom is 0.191 e. The van der Waals surface area contributed by atoms with Crippen molar-refractivity contribution in [2.75, 3.05) is 27.8 Å². The van der Waals surface area contributed by atoms with Crippen molar-refractivity contribution >= 4 is 5.96 Å².